The van der Waals surface area contributed by atoms with Crippen molar-refractivity contribution in [3.05, 3.63) is 81.8 Å². The molecule has 0 radical (unpaired) electrons. The molecule has 0 saturated carbocycles. The first kappa shape index (κ1) is 24.6. The number of piperidine rings is 1. The molecule has 186 valence electrons. The van der Waals surface area contributed by atoms with Gasteiger partial charge in [-0.25, -0.2) is 9.78 Å². The summed E-state index contributed by atoms with van der Waals surface area (Å²) in [7, 11) is 0. The molecule has 1 unspecified atom stereocenters. The van der Waals surface area contributed by atoms with Crippen LogP contribution in [-0.4, -0.2) is 44.4 Å². The summed E-state index contributed by atoms with van der Waals surface area (Å²) < 4.78 is 0. The van der Waals surface area contributed by atoms with Crippen molar-refractivity contribution in [2.45, 2.75) is 31.8 Å². The van der Waals surface area contributed by atoms with E-state index < -0.39 is 12.0 Å². The number of carboxylic acids is 1. The summed E-state index contributed by atoms with van der Waals surface area (Å²) in [5.74, 6) is 10.6. The van der Waals surface area contributed by atoms with Crippen molar-refractivity contribution >= 4 is 34.1 Å². The Kier molecular flexibility index (Phi) is 7.23. The van der Waals surface area contributed by atoms with E-state index in [2.05, 4.69) is 22.3 Å². The Morgan fingerprint density at radius 2 is 1.97 bits per heavy atom. The molecule has 37 heavy (non-hydrogen) atoms. The molecule has 1 aliphatic heterocycles. The van der Waals surface area contributed by atoms with Gasteiger partial charge in [-0.2, -0.15) is 0 Å². The lowest BCUT2D eigenvalue weighted by Crippen LogP contribution is -2.47. The second-order valence-electron chi connectivity index (χ2n) is 8.78. The molecular formula is C28H25N5O3S. The van der Waals surface area contributed by atoms with E-state index in [-0.39, 0.29) is 5.91 Å². The van der Waals surface area contributed by atoms with Crippen LogP contribution >= 0.6 is 11.3 Å². The maximum absolute atomic E-state index is 12.9. The van der Waals surface area contributed by atoms with Crippen LogP contribution in [0, 0.1) is 11.8 Å². The summed E-state index contributed by atoms with van der Waals surface area (Å²) in [6.45, 7) is 0.968. The molecule has 4 aromatic rings. The van der Waals surface area contributed by atoms with Crippen molar-refractivity contribution in [3.8, 4) is 23.1 Å². The lowest BCUT2D eigenvalue weighted by molar-refractivity contribution is -0.143. The maximum Gasteiger partial charge on any atom is 0.326 e. The van der Waals surface area contributed by atoms with E-state index >= 15 is 0 Å². The van der Waals surface area contributed by atoms with Gasteiger partial charge in [0.05, 0.1) is 21.0 Å². The lowest BCUT2D eigenvalue weighted by atomic mass is 10.0. The maximum atomic E-state index is 12.9. The van der Waals surface area contributed by atoms with Gasteiger partial charge >= 0.3 is 5.97 Å². The van der Waals surface area contributed by atoms with E-state index in [9.17, 15) is 14.7 Å². The van der Waals surface area contributed by atoms with Gasteiger partial charge in [-0.3, -0.25) is 21.0 Å². The van der Waals surface area contributed by atoms with Crippen LogP contribution in [-0.2, 0) is 11.3 Å². The molecule has 1 atom stereocenters. The second kappa shape index (κ2) is 10.9. The molecule has 0 bridgehead atoms. The second-order valence-corrected chi connectivity index (χ2v) is 9.86. The normalized spacial score (nSPS) is 15.3. The Labute approximate surface area is 218 Å². The molecule has 1 amide bonds. The summed E-state index contributed by atoms with van der Waals surface area (Å²) in [6.07, 6.45) is 5.64. The van der Waals surface area contributed by atoms with E-state index in [1.165, 1.54) is 16.2 Å². The number of carboxylic acid groups (broad SMARTS) is 1. The minimum atomic E-state index is -0.948. The number of thiophene rings is 1. The molecule has 1 aromatic carbocycles. The quantitative estimate of drug-likeness (QED) is 0.212. The van der Waals surface area contributed by atoms with Gasteiger partial charge in [-0.05, 0) is 61.2 Å². The van der Waals surface area contributed by atoms with Crippen molar-refractivity contribution in [3.63, 3.8) is 0 Å². The zero-order valence-electron chi connectivity index (χ0n) is 20.0. The van der Waals surface area contributed by atoms with Crippen molar-refractivity contribution in [2.24, 2.45) is 5.84 Å². The molecule has 1 fully saturated rings. The number of hydrogen-bond donors (Lipinski definition) is 3. The van der Waals surface area contributed by atoms with Crippen molar-refractivity contribution < 1.29 is 14.7 Å². The zero-order valence-corrected chi connectivity index (χ0v) is 20.8. The third-order valence-corrected chi connectivity index (χ3v) is 7.35. The Bertz CT molecular complexity index is 1520. The average molecular weight is 512 g/mol. The first-order valence-corrected chi connectivity index (χ1v) is 12.8. The fourth-order valence-corrected chi connectivity index (χ4v) is 5.31. The summed E-state index contributed by atoms with van der Waals surface area (Å²) in [6, 6.07) is 14.5. The highest BCUT2D eigenvalue weighted by atomic mass is 32.1. The highest BCUT2D eigenvalue weighted by Crippen LogP contribution is 2.26. The number of nitrogens with zero attached hydrogens (tertiary/aromatic N) is 3. The highest BCUT2D eigenvalue weighted by Gasteiger charge is 2.32. The smallest absolute Gasteiger partial charge is 0.326 e. The molecule has 1 saturated heterocycles. The van der Waals surface area contributed by atoms with E-state index in [0.29, 0.717) is 24.4 Å². The number of rotatable bonds is 5. The number of benzene rings is 1. The van der Waals surface area contributed by atoms with Crippen LogP contribution in [0.15, 0.2) is 60.9 Å². The Morgan fingerprint density at radius 1 is 1.14 bits per heavy atom. The van der Waals surface area contributed by atoms with Crippen molar-refractivity contribution in [2.75, 3.05) is 6.54 Å². The number of hydrogen-bond acceptors (Lipinski definition) is 7. The number of carbonyl (C=O) groups excluding carboxylic acids is 1. The van der Waals surface area contributed by atoms with Gasteiger partial charge < -0.3 is 10.0 Å². The number of nitrogens with two attached hydrogens (primary N) is 1. The molecule has 0 aliphatic carbocycles. The third kappa shape index (κ3) is 5.37. The summed E-state index contributed by atoms with van der Waals surface area (Å²) in [4.78, 5) is 36.2. The topological polar surface area (TPSA) is 121 Å². The highest BCUT2D eigenvalue weighted by molar-refractivity contribution is 7.14. The third-order valence-electron chi connectivity index (χ3n) is 6.36. The van der Waals surface area contributed by atoms with E-state index in [1.54, 1.807) is 24.5 Å². The molecule has 0 spiro atoms. The van der Waals surface area contributed by atoms with Crippen LogP contribution in [0.3, 0.4) is 0 Å². The number of hydrazine groups is 1. The molecular weight excluding hydrogens is 486 g/mol. The minimum absolute atomic E-state index is 0.239. The first-order chi connectivity index (χ1) is 18.0. The summed E-state index contributed by atoms with van der Waals surface area (Å²) in [5, 5.41) is 10.4. The molecule has 9 heteroatoms. The van der Waals surface area contributed by atoms with Crippen LogP contribution in [0.4, 0.5) is 0 Å². The molecule has 4 heterocycles. The number of aromatic nitrogens is 2. The molecule has 8 nitrogen and oxygen atoms in total. The van der Waals surface area contributed by atoms with Crippen LogP contribution in [0.25, 0.3) is 22.2 Å². The molecule has 4 N–H and O–H groups in total. The van der Waals surface area contributed by atoms with Gasteiger partial charge in [0.15, 0.2) is 0 Å². The van der Waals surface area contributed by atoms with Gasteiger partial charge in [0, 0.05) is 42.0 Å². The molecule has 3 aromatic heterocycles. The fourth-order valence-electron chi connectivity index (χ4n) is 4.49. The first-order valence-electron chi connectivity index (χ1n) is 12.0. The molecule has 5 rings (SSSR count). The number of nitrogens with one attached hydrogen (secondary N) is 1. The fraction of sp³-hybridized carbons (Fsp3) is 0.214. The number of aliphatic carboxylic acids is 1. The average Bonchev–Trinajstić information content (AvgIpc) is 3.41. The van der Waals surface area contributed by atoms with Crippen molar-refractivity contribution in [1.82, 2.24) is 20.3 Å². The van der Waals surface area contributed by atoms with Gasteiger partial charge in [-0.1, -0.05) is 24.0 Å². The Balaban J connectivity index is 1.33. The zero-order chi connectivity index (χ0) is 25.8. The number of amides is 1. The predicted molar refractivity (Wildman–Crippen MR) is 143 cm³/mol. The number of likely N-dealkylation sites (tertiary alicyclic amines) is 1. The van der Waals surface area contributed by atoms with Crippen LogP contribution in [0.2, 0.25) is 0 Å². The van der Waals surface area contributed by atoms with Gasteiger partial charge in [0.2, 0.25) is 0 Å². The van der Waals surface area contributed by atoms with Crippen LogP contribution in [0.5, 0.6) is 0 Å². The number of pyridine rings is 2. The van der Waals surface area contributed by atoms with Crippen LogP contribution < -0.4 is 11.3 Å². The summed E-state index contributed by atoms with van der Waals surface area (Å²) in [5.41, 5.74) is 7.20. The number of carbonyl (C=O) groups is 2. The SMILES string of the molecule is NNCc1cc(-c2ccc(C#Cc3ccc(C(=O)N4CCCCC4C(=O)O)s3)cc2)nc2ccncc12. The van der Waals surface area contributed by atoms with Crippen LogP contribution in [0.1, 0.15) is 44.9 Å². The predicted octanol–water partition coefficient (Wildman–Crippen LogP) is 3.80. The lowest BCUT2D eigenvalue weighted by Gasteiger charge is -2.32. The Hall–Kier alpha value is -4.10. The van der Waals surface area contributed by atoms with Gasteiger partial charge in [0.1, 0.15) is 6.04 Å². The molecule has 1 aliphatic rings. The van der Waals surface area contributed by atoms with E-state index in [1.807, 2.05) is 36.4 Å². The largest absolute Gasteiger partial charge is 0.480 e. The van der Waals surface area contributed by atoms with Gasteiger partial charge in [-0.15, -0.1) is 11.3 Å². The van der Waals surface area contributed by atoms with Gasteiger partial charge in [0.25, 0.3) is 5.91 Å². The monoisotopic (exact) mass is 511 g/mol. The Morgan fingerprint density at radius 3 is 2.76 bits per heavy atom. The van der Waals surface area contributed by atoms with E-state index in [0.717, 1.165) is 51.0 Å². The standard InChI is InChI=1S/C28H25N5O3S/c29-31-16-20-15-24(32-23-12-13-30-17-22(20)23)19-7-4-18(5-8-19)6-9-21-10-11-26(37-21)27(34)33-14-2-1-3-25(33)28(35)36/h4-5,7-8,10-13,15,17,25,31H,1-3,14,16,29H2,(H,35,36). The van der Waals surface area contributed by atoms with E-state index in [4.69, 9.17) is 10.8 Å². The number of fused-ring (bicyclic) bond motifs is 1. The summed E-state index contributed by atoms with van der Waals surface area (Å²) >= 11 is 1.29. The minimum Gasteiger partial charge on any atom is -0.480 e. The van der Waals surface area contributed by atoms with Crippen molar-refractivity contribution in [1.29, 1.82) is 0 Å².